The van der Waals surface area contributed by atoms with Crippen LogP contribution in [-0.2, 0) is 6.54 Å². The van der Waals surface area contributed by atoms with Crippen molar-refractivity contribution in [2.75, 3.05) is 11.9 Å². The van der Waals surface area contributed by atoms with E-state index in [1.165, 1.54) is 12.5 Å². The first-order chi connectivity index (χ1) is 8.56. The highest BCUT2D eigenvalue weighted by Gasteiger charge is 2.10. The summed E-state index contributed by atoms with van der Waals surface area (Å²) in [7, 11) is 1.94. The zero-order valence-electron chi connectivity index (χ0n) is 10.3. The normalized spacial score (nSPS) is 10.4. The fraction of sp³-hybridized carbons (Fsp3) is 0.214. The lowest BCUT2D eigenvalue weighted by Crippen LogP contribution is -2.15. The first-order valence-electron chi connectivity index (χ1n) is 5.62. The van der Waals surface area contributed by atoms with E-state index in [0.29, 0.717) is 11.6 Å². The van der Waals surface area contributed by atoms with E-state index in [2.05, 4.69) is 28.1 Å². The fourth-order valence-electron chi connectivity index (χ4n) is 1.66. The average molecular weight is 308 g/mol. The van der Waals surface area contributed by atoms with Gasteiger partial charge in [0.25, 0.3) is 0 Å². The zero-order chi connectivity index (χ0) is 13.1. The molecule has 1 aromatic heterocycles. The molecule has 0 fully saturated rings. The Hall–Kier alpha value is -1.55. The van der Waals surface area contributed by atoms with Crippen molar-refractivity contribution in [1.29, 1.82) is 0 Å². The Kier molecular flexibility index (Phi) is 3.87. The summed E-state index contributed by atoms with van der Waals surface area (Å²) in [6, 6.07) is 11.6. The Morgan fingerprint density at radius 2 is 1.89 bits per heavy atom. The maximum absolute atomic E-state index is 11.2. The molecular weight excluding hydrogens is 294 g/mol. The molecule has 0 aliphatic heterocycles. The van der Waals surface area contributed by atoms with Gasteiger partial charge >= 0.3 is 0 Å². The number of Topliss-reactive ketones (excluding diaryl/α,β-unsaturated/α-hetero) is 1. The molecule has 0 aliphatic rings. The van der Waals surface area contributed by atoms with E-state index in [1.54, 1.807) is 6.07 Å². The second-order valence-electron chi connectivity index (χ2n) is 4.18. The van der Waals surface area contributed by atoms with Gasteiger partial charge in [0.1, 0.15) is 0 Å². The molecule has 0 bridgehead atoms. The number of hydrogen-bond donors (Lipinski definition) is 0. The molecule has 0 N–H and O–H groups in total. The molecule has 1 aromatic carbocycles. The number of ketones is 1. The summed E-state index contributed by atoms with van der Waals surface area (Å²) in [5.74, 6) is 1.04. The Balaban J connectivity index is 2.09. The Morgan fingerprint density at radius 1 is 1.22 bits per heavy atom. The molecule has 3 nitrogen and oxygen atoms in total. The Labute approximate surface area is 115 Å². The van der Waals surface area contributed by atoms with Crippen molar-refractivity contribution >= 4 is 27.6 Å². The van der Waals surface area contributed by atoms with Crippen molar-refractivity contribution in [3.63, 3.8) is 0 Å². The molecule has 0 saturated heterocycles. The predicted octanol–water partition coefficient (Wildman–Crippen LogP) is 3.88. The van der Waals surface area contributed by atoms with Gasteiger partial charge in [-0.2, -0.15) is 0 Å². The molecular formula is C14H14BrNO2. The molecule has 0 aliphatic carbocycles. The fourth-order valence-corrected chi connectivity index (χ4v) is 1.93. The molecule has 4 heteroatoms. The number of nitrogens with zero attached hydrogens (tertiary/aromatic N) is 1. The molecule has 0 atom stereocenters. The topological polar surface area (TPSA) is 33.5 Å². The molecule has 94 valence electrons. The second kappa shape index (κ2) is 5.40. The van der Waals surface area contributed by atoms with Crippen molar-refractivity contribution in [3.8, 4) is 0 Å². The summed E-state index contributed by atoms with van der Waals surface area (Å²) in [4.78, 5) is 13.1. The van der Waals surface area contributed by atoms with Crippen LogP contribution in [0.1, 0.15) is 23.0 Å². The van der Waals surface area contributed by atoms with E-state index in [-0.39, 0.29) is 5.78 Å². The molecule has 0 unspecified atom stereocenters. The largest absolute Gasteiger partial charge is 0.437 e. The third-order valence-electron chi connectivity index (χ3n) is 2.65. The van der Waals surface area contributed by atoms with Crippen LogP contribution in [0.3, 0.4) is 0 Å². The van der Waals surface area contributed by atoms with Crippen molar-refractivity contribution < 1.29 is 9.21 Å². The highest BCUT2D eigenvalue weighted by Crippen LogP contribution is 2.20. The lowest BCUT2D eigenvalue weighted by atomic mass is 10.2. The summed E-state index contributed by atoms with van der Waals surface area (Å²) in [6.07, 6.45) is 0. The molecule has 2 aromatic rings. The SMILES string of the molecule is CC(=O)c1ccc(N(C)Cc2ccc(Br)cc2)o1. The van der Waals surface area contributed by atoms with Gasteiger partial charge in [-0.1, -0.05) is 28.1 Å². The van der Waals surface area contributed by atoms with Crippen molar-refractivity contribution in [3.05, 3.63) is 52.2 Å². The van der Waals surface area contributed by atoms with Gasteiger partial charge in [0.15, 0.2) is 17.4 Å². The summed E-state index contributed by atoms with van der Waals surface area (Å²) in [6.45, 7) is 2.23. The monoisotopic (exact) mass is 307 g/mol. The van der Waals surface area contributed by atoms with Gasteiger partial charge in [0.05, 0.1) is 0 Å². The Morgan fingerprint density at radius 3 is 2.44 bits per heavy atom. The highest BCUT2D eigenvalue weighted by atomic mass is 79.9. The molecule has 0 radical (unpaired) electrons. The van der Waals surface area contributed by atoms with Gasteiger partial charge in [0.2, 0.25) is 0 Å². The summed E-state index contributed by atoms with van der Waals surface area (Å²) in [5.41, 5.74) is 1.18. The van der Waals surface area contributed by atoms with Crippen LogP contribution in [-0.4, -0.2) is 12.8 Å². The van der Waals surface area contributed by atoms with E-state index in [9.17, 15) is 4.79 Å². The average Bonchev–Trinajstić information content (AvgIpc) is 2.81. The van der Waals surface area contributed by atoms with Crippen LogP contribution in [0, 0.1) is 0 Å². The number of halogens is 1. The molecule has 0 amide bonds. The van der Waals surface area contributed by atoms with Crippen LogP contribution < -0.4 is 4.90 Å². The Bertz CT molecular complexity index is 545. The standard InChI is InChI=1S/C14H14BrNO2/c1-10(17)13-7-8-14(18-13)16(2)9-11-3-5-12(15)6-4-11/h3-8H,9H2,1-2H3. The van der Waals surface area contributed by atoms with Gasteiger partial charge in [-0.15, -0.1) is 0 Å². The number of carbonyl (C=O) groups excluding carboxylic acids is 1. The smallest absolute Gasteiger partial charge is 0.196 e. The van der Waals surface area contributed by atoms with Crippen LogP contribution >= 0.6 is 15.9 Å². The number of hydrogen-bond acceptors (Lipinski definition) is 3. The molecule has 0 saturated carbocycles. The summed E-state index contributed by atoms with van der Waals surface area (Å²) < 4.78 is 6.53. The number of benzene rings is 1. The maximum Gasteiger partial charge on any atom is 0.196 e. The van der Waals surface area contributed by atoms with E-state index < -0.39 is 0 Å². The summed E-state index contributed by atoms with van der Waals surface area (Å²) >= 11 is 3.41. The van der Waals surface area contributed by atoms with E-state index in [1.807, 2.05) is 30.1 Å². The van der Waals surface area contributed by atoms with E-state index in [0.717, 1.165) is 11.0 Å². The van der Waals surface area contributed by atoms with Crippen molar-refractivity contribution in [2.45, 2.75) is 13.5 Å². The first-order valence-corrected chi connectivity index (χ1v) is 6.42. The summed E-state index contributed by atoms with van der Waals surface area (Å²) in [5, 5.41) is 0. The molecule has 0 spiro atoms. The van der Waals surface area contributed by atoms with Crippen LogP contribution in [0.4, 0.5) is 5.88 Å². The van der Waals surface area contributed by atoms with E-state index >= 15 is 0 Å². The van der Waals surface area contributed by atoms with E-state index in [4.69, 9.17) is 4.42 Å². The van der Waals surface area contributed by atoms with Crippen LogP contribution in [0.15, 0.2) is 45.3 Å². The second-order valence-corrected chi connectivity index (χ2v) is 5.09. The van der Waals surface area contributed by atoms with Gasteiger partial charge in [0, 0.05) is 31.1 Å². The minimum absolute atomic E-state index is 0.0571. The minimum atomic E-state index is -0.0571. The van der Waals surface area contributed by atoms with Crippen molar-refractivity contribution in [1.82, 2.24) is 0 Å². The quantitative estimate of drug-likeness (QED) is 0.804. The van der Waals surface area contributed by atoms with Crippen LogP contribution in [0.5, 0.6) is 0 Å². The van der Waals surface area contributed by atoms with Crippen LogP contribution in [0.25, 0.3) is 0 Å². The third-order valence-corrected chi connectivity index (χ3v) is 3.18. The highest BCUT2D eigenvalue weighted by molar-refractivity contribution is 9.10. The number of carbonyl (C=O) groups is 1. The third kappa shape index (κ3) is 3.01. The molecule has 2 rings (SSSR count). The molecule has 1 heterocycles. The minimum Gasteiger partial charge on any atom is -0.437 e. The number of anilines is 1. The van der Waals surface area contributed by atoms with Gasteiger partial charge in [-0.05, 0) is 23.8 Å². The van der Waals surface area contributed by atoms with Gasteiger partial charge < -0.3 is 9.32 Å². The van der Waals surface area contributed by atoms with Crippen LogP contribution in [0.2, 0.25) is 0 Å². The number of furan rings is 1. The molecule has 18 heavy (non-hydrogen) atoms. The maximum atomic E-state index is 11.2. The number of rotatable bonds is 4. The predicted molar refractivity (Wildman–Crippen MR) is 75.0 cm³/mol. The lowest BCUT2D eigenvalue weighted by Gasteiger charge is -2.15. The van der Waals surface area contributed by atoms with Gasteiger partial charge in [-0.25, -0.2) is 0 Å². The first kappa shape index (κ1) is 12.9. The lowest BCUT2D eigenvalue weighted by molar-refractivity contribution is 0.0988. The van der Waals surface area contributed by atoms with Crippen molar-refractivity contribution in [2.24, 2.45) is 0 Å². The van der Waals surface area contributed by atoms with Gasteiger partial charge in [-0.3, -0.25) is 4.79 Å². The zero-order valence-corrected chi connectivity index (χ0v) is 11.9.